The van der Waals surface area contributed by atoms with Crippen molar-refractivity contribution in [2.45, 2.75) is 6.92 Å². The molecule has 0 fully saturated rings. The first-order chi connectivity index (χ1) is 14.8. The summed E-state index contributed by atoms with van der Waals surface area (Å²) in [6.07, 6.45) is 0. The summed E-state index contributed by atoms with van der Waals surface area (Å²) < 4.78 is 5.09. The zero-order valence-electron chi connectivity index (χ0n) is 16.7. The van der Waals surface area contributed by atoms with Crippen LogP contribution in [-0.4, -0.2) is 34.6 Å². The van der Waals surface area contributed by atoms with Gasteiger partial charge in [-0.05, 0) is 36.8 Å². The average Bonchev–Trinajstić information content (AvgIpc) is 3.21. The van der Waals surface area contributed by atoms with Gasteiger partial charge < -0.3 is 26.6 Å². The van der Waals surface area contributed by atoms with E-state index in [-0.39, 0.29) is 22.9 Å². The third kappa shape index (κ3) is 4.70. The maximum atomic E-state index is 12.6. The van der Waals surface area contributed by atoms with Crippen LogP contribution in [0.4, 0.5) is 11.4 Å². The fraction of sp³-hybridized carbons (Fsp3) is 0.105. The van der Waals surface area contributed by atoms with E-state index in [0.717, 1.165) is 5.56 Å². The lowest BCUT2D eigenvalue weighted by Gasteiger charge is -2.06. The first-order valence-corrected chi connectivity index (χ1v) is 8.93. The Morgan fingerprint density at radius 3 is 2.55 bits per heavy atom. The summed E-state index contributed by atoms with van der Waals surface area (Å²) in [5.74, 6) is 4.87. The number of hydrogen-bond donors (Lipinski definition) is 5. The smallest absolute Gasteiger partial charge is 0.296 e. The van der Waals surface area contributed by atoms with Gasteiger partial charge in [-0.15, -0.1) is 5.10 Å². The summed E-state index contributed by atoms with van der Waals surface area (Å²) in [5.41, 5.74) is 10.1. The second kappa shape index (κ2) is 8.82. The van der Waals surface area contributed by atoms with Crippen molar-refractivity contribution in [1.82, 2.24) is 10.4 Å². The van der Waals surface area contributed by atoms with E-state index in [1.807, 2.05) is 0 Å². The lowest BCUT2D eigenvalue weighted by atomic mass is 10.1. The van der Waals surface area contributed by atoms with Crippen molar-refractivity contribution in [2.75, 3.05) is 12.4 Å². The van der Waals surface area contributed by atoms with Crippen molar-refractivity contribution in [3.8, 4) is 5.75 Å². The number of H-pyrrole nitrogens is 1. The number of aromatic nitrogens is 1. The zero-order chi connectivity index (χ0) is 22.5. The number of carbonyl (C=O) groups is 1. The fourth-order valence-corrected chi connectivity index (χ4v) is 2.81. The minimum Gasteiger partial charge on any atom is -0.496 e. The molecule has 12 nitrogen and oxygen atoms in total. The molecule has 0 saturated carbocycles. The summed E-state index contributed by atoms with van der Waals surface area (Å²) in [6.45, 7) is 1.76. The molecule has 0 aliphatic carbocycles. The van der Waals surface area contributed by atoms with Gasteiger partial charge in [-0.3, -0.25) is 14.9 Å². The topological polar surface area (TPSA) is 186 Å². The van der Waals surface area contributed by atoms with Gasteiger partial charge in [0.25, 0.3) is 11.6 Å². The predicted octanol–water partition coefficient (Wildman–Crippen LogP) is 1.84. The van der Waals surface area contributed by atoms with Crippen LogP contribution >= 0.6 is 0 Å². The molecule has 12 heteroatoms. The number of nitrogens with two attached hydrogens (primary N) is 2. The van der Waals surface area contributed by atoms with E-state index in [1.54, 1.807) is 37.3 Å². The van der Waals surface area contributed by atoms with Crippen molar-refractivity contribution in [3.63, 3.8) is 0 Å². The Hall–Kier alpha value is -4.61. The van der Waals surface area contributed by atoms with Gasteiger partial charge in [-0.2, -0.15) is 5.10 Å². The van der Waals surface area contributed by atoms with Gasteiger partial charge in [-0.25, -0.2) is 5.43 Å². The third-order valence-corrected chi connectivity index (χ3v) is 4.40. The maximum absolute atomic E-state index is 12.6. The van der Waals surface area contributed by atoms with Crippen LogP contribution < -0.4 is 27.1 Å². The predicted molar refractivity (Wildman–Crippen MR) is 117 cm³/mol. The highest BCUT2D eigenvalue weighted by atomic mass is 16.6. The van der Waals surface area contributed by atoms with Crippen LogP contribution in [0.3, 0.4) is 0 Å². The van der Waals surface area contributed by atoms with Crippen LogP contribution in [0.1, 0.15) is 23.0 Å². The molecule has 1 heterocycles. The van der Waals surface area contributed by atoms with E-state index in [9.17, 15) is 14.9 Å². The lowest BCUT2D eigenvalue weighted by Crippen LogP contribution is -2.29. The van der Waals surface area contributed by atoms with E-state index in [1.165, 1.54) is 19.2 Å². The van der Waals surface area contributed by atoms with E-state index >= 15 is 0 Å². The van der Waals surface area contributed by atoms with Gasteiger partial charge in [0.2, 0.25) is 5.96 Å². The number of amides is 1. The number of benzene rings is 2. The number of hydrogen-bond acceptors (Lipinski definition) is 7. The molecule has 3 aromatic rings. The Bertz CT molecular complexity index is 1200. The van der Waals surface area contributed by atoms with Gasteiger partial charge in [0.1, 0.15) is 17.0 Å². The number of nitro benzene ring substituents is 1. The number of carbonyl (C=O) groups excluding carboxylic acids is 1. The standard InChI is InChI=1S/C19H20N8O4/c1-10(25-26-19(20)24-21)11-3-5-13(6-4-11)22-18(28)15-8-12-7-14(31-2)9-16(27(29)30)17(12)23-15/h3-9,23H,21H2,1-2H3,(H,22,28)(H3,20,24,26)/b25-10+. The summed E-state index contributed by atoms with van der Waals surface area (Å²) >= 11 is 0. The Balaban J connectivity index is 1.79. The SMILES string of the molecule is COc1cc([N+](=O)[O-])c2[nH]c(C(=O)Nc3ccc(/C(C)=N/N/C(N)=N\N)cc3)cc2c1. The number of aromatic amines is 1. The average molecular weight is 424 g/mol. The lowest BCUT2D eigenvalue weighted by molar-refractivity contribution is -0.383. The van der Waals surface area contributed by atoms with Crippen LogP contribution in [0, 0.1) is 10.1 Å². The number of methoxy groups -OCH3 is 1. The number of fused-ring (bicyclic) bond motifs is 1. The first kappa shape index (κ1) is 21.1. The quantitative estimate of drug-likeness (QED) is 0.131. The fourth-order valence-electron chi connectivity index (χ4n) is 2.81. The molecule has 1 amide bonds. The van der Waals surface area contributed by atoms with Crippen molar-refractivity contribution in [2.24, 2.45) is 21.8 Å². The number of nitrogens with one attached hydrogen (secondary N) is 3. The molecule has 0 aliphatic rings. The third-order valence-electron chi connectivity index (χ3n) is 4.40. The molecule has 0 atom stereocenters. The monoisotopic (exact) mass is 424 g/mol. The van der Waals surface area contributed by atoms with Gasteiger partial charge in [0, 0.05) is 11.1 Å². The number of ether oxygens (including phenoxy) is 1. The highest BCUT2D eigenvalue weighted by Crippen LogP contribution is 2.31. The Morgan fingerprint density at radius 2 is 1.94 bits per heavy atom. The van der Waals surface area contributed by atoms with Crippen LogP contribution in [0.5, 0.6) is 5.75 Å². The molecule has 0 saturated heterocycles. The van der Waals surface area contributed by atoms with E-state index in [4.69, 9.17) is 16.3 Å². The minimum atomic E-state index is -0.534. The molecule has 1 aromatic heterocycles. The van der Waals surface area contributed by atoms with E-state index in [0.29, 0.717) is 22.5 Å². The number of guanidine groups is 1. The van der Waals surface area contributed by atoms with Crippen LogP contribution in [0.15, 0.2) is 52.7 Å². The molecule has 31 heavy (non-hydrogen) atoms. The highest BCUT2D eigenvalue weighted by Gasteiger charge is 2.19. The number of rotatable bonds is 6. The minimum absolute atomic E-state index is 0.0283. The molecule has 0 spiro atoms. The molecule has 0 radical (unpaired) electrons. The molecule has 2 aromatic carbocycles. The number of hydrazone groups is 2. The molecule has 7 N–H and O–H groups in total. The van der Waals surface area contributed by atoms with Gasteiger partial charge in [-0.1, -0.05) is 12.1 Å². The molecular weight excluding hydrogens is 404 g/mol. The summed E-state index contributed by atoms with van der Waals surface area (Å²) in [5, 5.41) is 21.9. The normalized spacial score (nSPS) is 11.9. The summed E-state index contributed by atoms with van der Waals surface area (Å²) in [4.78, 5) is 26.2. The molecule has 0 bridgehead atoms. The van der Waals surface area contributed by atoms with Crippen molar-refractivity contribution in [3.05, 3.63) is 63.8 Å². The second-order valence-electron chi connectivity index (χ2n) is 6.41. The Labute approximate surface area is 176 Å². The second-order valence-corrected chi connectivity index (χ2v) is 6.41. The number of nitro groups is 1. The van der Waals surface area contributed by atoms with Crippen LogP contribution in [0.25, 0.3) is 10.9 Å². The van der Waals surface area contributed by atoms with E-state index in [2.05, 4.69) is 25.9 Å². The van der Waals surface area contributed by atoms with Crippen molar-refractivity contribution in [1.29, 1.82) is 0 Å². The maximum Gasteiger partial charge on any atom is 0.296 e. The molecule has 160 valence electrons. The highest BCUT2D eigenvalue weighted by molar-refractivity contribution is 6.07. The summed E-state index contributed by atoms with van der Waals surface area (Å²) in [6, 6.07) is 11.3. The van der Waals surface area contributed by atoms with Crippen LogP contribution in [-0.2, 0) is 0 Å². The Kier molecular flexibility index (Phi) is 6.00. The molecule has 0 unspecified atom stereocenters. The van der Waals surface area contributed by atoms with Crippen molar-refractivity contribution < 1.29 is 14.5 Å². The largest absolute Gasteiger partial charge is 0.496 e. The first-order valence-electron chi connectivity index (χ1n) is 8.93. The summed E-state index contributed by atoms with van der Waals surface area (Å²) in [7, 11) is 1.41. The molecule has 0 aliphatic heterocycles. The van der Waals surface area contributed by atoms with Crippen molar-refractivity contribution >= 4 is 39.9 Å². The van der Waals surface area contributed by atoms with Gasteiger partial charge in [0.15, 0.2) is 0 Å². The molecular formula is C19H20N8O4. The number of nitrogens with zero attached hydrogens (tertiary/aromatic N) is 3. The zero-order valence-corrected chi connectivity index (χ0v) is 16.7. The number of anilines is 1. The van der Waals surface area contributed by atoms with Crippen LogP contribution in [0.2, 0.25) is 0 Å². The van der Waals surface area contributed by atoms with Gasteiger partial charge >= 0.3 is 0 Å². The number of non-ortho nitro benzene ring substituents is 1. The van der Waals surface area contributed by atoms with E-state index < -0.39 is 10.8 Å². The van der Waals surface area contributed by atoms with Gasteiger partial charge in [0.05, 0.1) is 23.8 Å². The molecule has 3 rings (SSSR count). The Morgan fingerprint density at radius 1 is 1.23 bits per heavy atom.